The molecular weight excluding hydrogens is 441 g/mol. The Morgan fingerprint density at radius 2 is 1.83 bits per heavy atom. The third-order valence-electron chi connectivity index (χ3n) is 3.15. The van der Waals surface area contributed by atoms with Crippen molar-refractivity contribution in [3.8, 4) is 0 Å². The van der Waals surface area contributed by atoms with Gasteiger partial charge in [-0.05, 0) is 65.9 Å². The van der Waals surface area contributed by atoms with E-state index in [2.05, 4.69) is 27.9 Å². The highest BCUT2D eigenvalue weighted by Gasteiger charge is 2.22. The van der Waals surface area contributed by atoms with Gasteiger partial charge in [0.15, 0.2) is 6.10 Å². The average Bonchev–Trinajstić information content (AvgIpc) is 3.01. The summed E-state index contributed by atoms with van der Waals surface area (Å²) < 4.78 is 6.26. The lowest BCUT2D eigenvalue weighted by Gasteiger charge is -2.11. The van der Waals surface area contributed by atoms with Gasteiger partial charge in [-0.2, -0.15) is 0 Å². The number of nitrogens with one attached hydrogen (secondary N) is 1. The lowest BCUT2D eigenvalue weighted by Crippen LogP contribution is -2.23. The number of rotatable bonds is 6. The minimum Gasteiger partial charge on any atom is -0.451 e. The molecule has 126 valence electrons. The number of ether oxygens (including phenoxy) is 1. The summed E-state index contributed by atoms with van der Waals surface area (Å²) in [5.41, 5.74) is 0.410. The van der Waals surface area contributed by atoms with Crippen LogP contribution in [-0.4, -0.2) is 23.8 Å². The van der Waals surface area contributed by atoms with E-state index < -0.39 is 12.1 Å². The van der Waals surface area contributed by atoms with Crippen molar-refractivity contribution in [2.24, 2.45) is 0 Å². The summed E-state index contributed by atoms with van der Waals surface area (Å²) in [7, 11) is 0. The Labute approximate surface area is 157 Å². The van der Waals surface area contributed by atoms with E-state index in [1.807, 2.05) is 0 Å². The van der Waals surface area contributed by atoms with E-state index >= 15 is 0 Å². The monoisotopic (exact) mass is 457 g/mol. The molecule has 0 saturated carbocycles. The lowest BCUT2D eigenvalue weighted by molar-refractivity contribution is -0.119. The van der Waals surface area contributed by atoms with Crippen molar-refractivity contribution in [3.63, 3.8) is 0 Å². The molecule has 0 bridgehead atoms. The van der Waals surface area contributed by atoms with Gasteiger partial charge < -0.3 is 10.1 Å². The predicted octanol–water partition coefficient (Wildman–Crippen LogP) is 3.42. The Bertz CT molecular complexity index is 754. The smallest absolute Gasteiger partial charge is 0.338 e. The first kappa shape index (κ1) is 18.6. The highest BCUT2D eigenvalue weighted by molar-refractivity contribution is 14.1. The summed E-state index contributed by atoms with van der Waals surface area (Å²) in [6.45, 7) is 3.37. The fraction of sp³-hybridized carbons (Fsp3) is 0.235. The van der Waals surface area contributed by atoms with Crippen LogP contribution in [0.3, 0.4) is 0 Å². The first-order valence-corrected chi connectivity index (χ1v) is 9.10. The maximum atomic E-state index is 12.4. The average molecular weight is 457 g/mol. The van der Waals surface area contributed by atoms with Crippen LogP contribution in [0.1, 0.15) is 38.8 Å². The van der Waals surface area contributed by atoms with Gasteiger partial charge in [0.25, 0.3) is 0 Å². The number of ketones is 1. The Kier molecular flexibility index (Phi) is 6.50. The minimum atomic E-state index is -0.871. The van der Waals surface area contributed by atoms with Crippen LogP contribution in [0.25, 0.3) is 0 Å². The molecule has 1 aromatic heterocycles. The van der Waals surface area contributed by atoms with Crippen LogP contribution in [0.2, 0.25) is 0 Å². The SMILES string of the molecule is CC(=O)NCc1ccc(C(=O)C(C)OC(=O)c2ccc(I)cc2)s1. The highest BCUT2D eigenvalue weighted by Crippen LogP contribution is 2.19. The quantitative estimate of drug-likeness (QED) is 0.410. The molecule has 5 nitrogen and oxygen atoms in total. The van der Waals surface area contributed by atoms with E-state index in [1.165, 1.54) is 18.3 Å². The fourth-order valence-electron chi connectivity index (χ4n) is 1.89. The Hall–Kier alpha value is -1.74. The van der Waals surface area contributed by atoms with Gasteiger partial charge in [0.1, 0.15) is 0 Å². The van der Waals surface area contributed by atoms with Crippen molar-refractivity contribution >= 4 is 51.6 Å². The van der Waals surface area contributed by atoms with Crippen molar-refractivity contribution in [2.45, 2.75) is 26.5 Å². The lowest BCUT2D eigenvalue weighted by atomic mass is 10.2. The van der Waals surface area contributed by atoms with Gasteiger partial charge in [-0.3, -0.25) is 9.59 Å². The normalized spacial score (nSPS) is 11.6. The predicted molar refractivity (Wildman–Crippen MR) is 100 cm³/mol. The Morgan fingerprint density at radius 3 is 2.46 bits per heavy atom. The molecule has 1 aromatic carbocycles. The molecule has 1 amide bonds. The third kappa shape index (κ3) is 5.13. The number of Topliss-reactive ketones (excluding diaryl/α,β-unsaturated/α-hetero) is 1. The molecule has 0 saturated heterocycles. The van der Waals surface area contributed by atoms with Gasteiger partial charge in [-0.25, -0.2) is 4.79 Å². The zero-order valence-electron chi connectivity index (χ0n) is 13.2. The second-order valence-electron chi connectivity index (χ2n) is 5.09. The number of benzene rings is 1. The first-order chi connectivity index (χ1) is 11.4. The topological polar surface area (TPSA) is 72.5 Å². The molecule has 1 heterocycles. The number of amides is 1. The largest absolute Gasteiger partial charge is 0.451 e. The van der Waals surface area contributed by atoms with Crippen molar-refractivity contribution in [2.75, 3.05) is 0 Å². The number of hydrogen-bond acceptors (Lipinski definition) is 5. The molecule has 0 aliphatic carbocycles. The van der Waals surface area contributed by atoms with E-state index in [1.54, 1.807) is 43.3 Å². The van der Waals surface area contributed by atoms with Crippen molar-refractivity contribution in [1.82, 2.24) is 5.32 Å². The molecule has 0 fully saturated rings. The van der Waals surface area contributed by atoms with Gasteiger partial charge in [-0.15, -0.1) is 11.3 Å². The van der Waals surface area contributed by atoms with Gasteiger partial charge in [-0.1, -0.05) is 0 Å². The van der Waals surface area contributed by atoms with E-state index in [-0.39, 0.29) is 11.7 Å². The number of halogens is 1. The van der Waals surface area contributed by atoms with Gasteiger partial charge in [0.2, 0.25) is 11.7 Å². The Morgan fingerprint density at radius 1 is 1.17 bits per heavy atom. The highest BCUT2D eigenvalue weighted by atomic mass is 127. The van der Waals surface area contributed by atoms with E-state index in [9.17, 15) is 14.4 Å². The summed E-state index contributed by atoms with van der Waals surface area (Å²) in [4.78, 5) is 36.7. The second-order valence-corrected chi connectivity index (χ2v) is 7.51. The molecule has 2 rings (SSSR count). The van der Waals surface area contributed by atoms with Crippen LogP contribution in [-0.2, 0) is 16.1 Å². The van der Waals surface area contributed by atoms with Crippen LogP contribution in [0.15, 0.2) is 36.4 Å². The molecule has 0 aliphatic rings. The minimum absolute atomic E-state index is 0.129. The molecule has 0 radical (unpaired) electrons. The number of carbonyl (C=O) groups excluding carboxylic acids is 3. The van der Waals surface area contributed by atoms with Crippen LogP contribution in [0.5, 0.6) is 0 Å². The molecular formula is C17H16INO4S. The van der Waals surface area contributed by atoms with Crippen molar-refractivity contribution < 1.29 is 19.1 Å². The number of carbonyl (C=O) groups is 3. The van der Waals surface area contributed by atoms with Crippen molar-refractivity contribution in [1.29, 1.82) is 0 Å². The van der Waals surface area contributed by atoms with Crippen LogP contribution >= 0.6 is 33.9 Å². The van der Waals surface area contributed by atoms with Crippen LogP contribution in [0, 0.1) is 3.57 Å². The molecule has 1 unspecified atom stereocenters. The van der Waals surface area contributed by atoms with Crippen LogP contribution in [0.4, 0.5) is 0 Å². The molecule has 0 aliphatic heterocycles. The van der Waals surface area contributed by atoms with Crippen molar-refractivity contribution in [3.05, 3.63) is 55.3 Å². The molecule has 24 heavy (non-hydrogen) atoms. The van der Waals surface area contributed by atoms with E-state index in [0.29, 0.717) is 17.0 Å². The summed E-state index contributed by atoms with van der Waals surface area (Å²) in [5, 5.41) is 2.68. The molecule has 0 spiro atoms. The fourth-order valence-corrected chi connectivity index (χ4v) is 3.21. The summed E-state index contributed by atoms with van der Waals surface area (Å²) >= 11 is 3.43. The van der Waals surface area contributed by atoms with E-state index in [0.717, 1.165) is 8.45 Å². The zero-order valence-corrected chi connectivity index (χ0v) is 16.1. The second kappa shape index (κ2) is 8.39. The van der Waals surface area contributed by atoms with Crippen LogP contribution < -0.4 is 5.32 Å². The standard InChI is InChI=1S/C17H16INO4S/c1-10(23-17(22)12-3-5-13(18)6-4-12)16(21)15-8-7-14(24-15)9-19-11(2)20/h3-8,10H,9H2,1-2H3,(H,19,20). The van der Waals surface area contributed by atoms with Gasteiger partial charge >= 0.3 is 5.97 Å². The number of esters is 1. The van der Waals surface area contributed by atoms with E-state index in [4.69, 9.17) is 4.74 Å². The third-order valence-corrected chi connectivity index (χ3v) is 4.97. The summed E-state index contributed by atoms with van der Waals surface area (Å²) in [5.74, 6) is -0.911. The molecule has 1 atom stereocenters. The zero-order chi connectivity index (χ0) is 17.7. The first-order valence-electron chi connectivity index (χ1n) is 7.20. The maximum absolute atomic E-state index is 12.4. The molecule has 1 N–H and O–H groups in total. The number of thiophene rings is 1. The number of hydrogen-bond donors (Lipinski definition) is 1. The van der Waals surface area contributed by atoms with Gasteiger partial charge in [0, 0.05) is 15.4 Å². The summed E-state index contributed by atoms with van der Waals surface area (Å²) in [6.07, 6.45) is -0.871. The maximum Gasteiger partial charge on any atom is 0.338 e. The molecule has 7 heteroatoms. The summed E-state index contributed by atoms with van der Waals surface area (Å²) in [6, 6.07) is 10.4. The van der Waals surface area contributed by atoms with Gasteiger partial charge in [0.05, 0.1) is 17.0 Å². The Balaban J connectivity index is 1.97. The molecule has 2 aromatic rings.